The standard InChI is InChI=1S/C31H36/c1(2-4-6-8-14-26-20-22-28-16-10-12-18-30(28)24-26)3-5-7-9-15-27-21-23-29-17-11-13-19-31(29)25-27/h10-13,16-25H,1-9,14-15H2. The molecule has 0 nitrogen and oxygen atoms in total. The molecule has 0 amide bonds. The average Bonchev–Trinajstić information content (AvgIpc) is 2.82. The van der Waals surface area contributed by atoms with Crippen LogP contribution in [-0.4, -0.2) is 0 Å². The molecule has 4 aromatic carbocycles. The zero-order valence-electron chi connectivity index (χ0n) is 18.9. The lowest BCUT2D eigenvalue weighted by molar-refractivity contribution is 0.558. The number of fused-ring (bicyclic) bond motifs is 2. The molecule has 0 aliphatic carbocycles. The SMILES string of the molecule is c1ccc2cc(CCCCCCCCCCCc3ccc4ccccc4c3)ccc2c1. The van der Waals surface area contributed by atoms with Crippen LogP contribution in [0.4, 0.5) is 0 Å². The van der Waals surface area contributed by atoms with Gasteiger partial charge in [-0.25, -0.2) is 0 Å². The first-order valence-electron chi connectivity index (χ1n) is 12.3. The lowest BCUT2D eigenvalue weighted by Gasteiger charge is -2.05. The second-order valence-corrected chi connectivity index (χ2v) is 9.04. The van der Waals surface area contributed by atoms with Crippen LogP contribution >= 0.6 is 0 Å². The lowest BCUT2D eigenvalue weighted by atomic mass is 10.0. The van der Waals surface area contributed by atoms with Crippen LogP contribution in [0, 0.1) is 0 Å². The normalized spacial score (nSPS) is 11.4. The zero-order chi connectivity index (χ0) is 21.1. The van der Waals surface area contributed by atoms with Gasteiger partial charge in [0, 0.05) is 0 Å². The van der Waals surface area contributed by atoms with Crippen molar-refractivity contribution in [2.24, 2.45) is 0 Å². The van der Waals surface area contributed by atoms with E-state index in [1.165, 1.54) is 103 Å². The maximum Gasteiger partial charge on any atom is -0.0181 e. The van der Waals surface area contributed by atoms with E-state index in [1.807, 2.05) is 0 Å². The third-order valence-corrected chi connectivity index (χ3v) is 6.56. The molecule has 0 unspecified atom stereocenters. The van der Waals surface area contributed by atoms with Gasteiger partial charge in [-0.3, -0.25) is 0 Å². The largest absolute Gasteiger partial charge is 0.0616 e. The van der Waals surface area contributed by atoms with Crippen molar-refractivity contribution in [1.82, 2.24) is 0 Å². The Bertz CT molecular complexity index is 988. The highest BCUT2D eigenvalue weighted by Gasteiger charge is 1.99. The van der Waals surface area contributed by atoms with Crippen LogP contribution in [0.1, 0.15) is 68.9 Å². The molecule has 0 bridgehead atoms. The summed E-state index contributed by atoms with van der Waals surface area (Å²) in [5.41, 5.74) is 2.98. The number of benzene rings is 4. The van der Waals surface area contributed by atoms with Crippen molar-refractivity contribution in [3.63, 3.8) is 0 Å². The van der Waals surface area contributed by atoms with Gasteiger partial charge in [-0.05, 0) is 58.4 Å². The van der Waals surface area contributed by atoms with Crippen molar-refractivity contribution in [3.8, 4) is 0 Å². The molecule has 4 rings (SSSR count). The number of hydrogen-bond donors (Lipinski definition) is 0. The van der Waals surface area contributed by atoms with Crippen molar-refractivity contribution < 1.29 is 0 Å². The molecule has 0 aromatic heterocycles. The molecule has 0 N–H and O–H groups in total. The first kappa shape index (κ1) is 21.6. The third-order valence-electron chi connectivity index (χ3n) is 6.56. The van der Waals surface area contributed by atoms with E-state index in [-0.39, 0.29) is 0 Å². The fourth-order valence-electron chi connectivity index (χ4n) is 4.68. The summed E-state index contributed by atoms with van der Waals surface area (Å²) in [4.78, 5) is 0. The van der Waals surface area contributed by atoms with Gasteiger partial charge in [-0.2, -0.15) is 0 Å². The summed E-state index contributed by atoms with van der Waals surface area (Å²) in [7, 11) is 0. The van der Waals surface area contributed by atoms with Gasteiger partial charge in [0.05, 0.1) is 0 Å². The fourth-order valence-corrected chi connectivity index (χ4v) is 4.68. The quantitative estimate of drug-likeness (QED) is 0.205. The fraction of sp³-hybridized carbons (Fsp3) is 0.355. The first-order chi connectivity index (χ1) is 15.4. The van der Waals surface area contributed by atoms with Crippen molar-refractivity contribution in [2.75, 3.05) is 0 Å². The smallest absolute Gasteiger partial charge is 0.0181 e. The van der Waals surface area contributed by atoms with Gasteiger partial charge in [-0.15, -0.1) is 0 Å². The Morgan fingerprint density at radius 1 is 0.323 bits per heavy atom. The van der Waals surface area contributed by atoms with Crippen molar-refractivity contribution in [1.29, 1.82) is 0 Å². The highest BCUT2D eigenvalue weighted by molar-refractivity contribution is 5.83. The van der Waals surface area contributed by atoms with Crippen molar-refractivity contribution >= 4 is 21.5 Å². The summed E-state index contributed by atoms with van der Waals surface area (Å²) in [6.45, 7) is 0. The van der Waals surface area contributed by atoms with E-state index in [0.717, 1.165) is 0 Å². The molecule has 0 aliphatic rings. The monoisotopic (exact) mass is 408 g/mol. The molecule has 4 aromatic rings. The molecule has 0 spiro atoms. The number of aryl methyl sites for hydroxylation is 2. The van der Waals surface area contributed by atoms with E-state index in [4.69, 9.17) is 0 Å². The van der Waals surface area contributed by atoms with E-state index in [9.17, 15) is 0 Å². The summed E-state index contributed by atoms with van der Waals surface area (Å²) < 4.78 is 0. The molecule has 0 saturated heterocycles. The minimum atomic E-state index is 1.22. The van der Waals surface area contributed by atoms with Gasteiger partial charge in [0.25, 0.3) is 0 Å². The highest BCUT2D eigenvalue weighted by Crippen LogP contribution is 2.19. The molecule has 160 valence electrons. The molecule has 0 aliphatic heterocycles. The predicted octanol–water partition coefficient (Wildman–Crippen LogP) is 9.29. The van der Waals surface area contributed by atoms with Gasteiger partial charge >= 0.3 is 0 Å². The molecular formula is C31H36. The van der Waals surface area contributed by atoms with Crippen LogP contribution in [0.3, 0.4) is 0 Å². The summed E-state index contributed by atoms with van der Waals surface area (Å²) >= 11 is 0. The van der Waals surface area contributed by atoms with E-state index < -0.39 is 0 Å². The Kier molecular flexibility index (Phi) is 8.16. The van der Waals surface area contributed by atoms with Crippen molar-refractivity contribution in [3.05, 3.63) is 96.1 Å². The van der Waals surface area contributed by atoms with Gasteiger partial charge in [-0.1, -0.05) is 130 Å². The van der Waals surface area contributed by atoms with Crippen LogP contribution < -0.4 is 0 Å². The number of unbranched alkanes of at least 4 members (excludes halogenated alkanes) is 8. The summed E-state index contributed by atoms with van der Waals surface area (Å²) in [5, 5.41) is 5.45. The van der Waals surface area contributed by atoms with E-state index in [1.54, 1.807) is 0 Å². The van der Waals surface area contributed by atoms with Crippen LogP contribution in [0.2, 0.25) is 0 Å². The lowest BCUT2D eigenvalue weighted by Crippen LogP contribution is -1.88. The number of hydrogen-bond acceptors (Lipinski definition) is 0. The minimum absolute atomic E-state index is 1.22. The van der Waals surface area contributed by atoms with Gasteiger partial charge < -0.3 is 0 Å². The Labute approximate surface area is 188 Å². The molecule has 0 heterocycles. The maximum absolute atomic E-state index is 2.37. The van der Waals surface area contributed by atoms with Gasteiger partial charge in [0.15, 0.2) is 0 Å². The Hall–Kier alpha value is -2.60. The van der Waals surface area contributed by atoms with Gasteiger partial charge in [0.2, 0.25) is 0 Å². The molecule has 0 radical (unpaired) electrons. The Morgan fingerprint density at radius 2 is 0.677 bits per heavy atom. The highest BCUT2D eigenvalue weighted by atomic mass is 14.0. The minimum Gasteiger partial charge on any atom is -0.0616 e. The van der Waals surface area contributed by atoms with Gasteiger partial charge in [0.1, 0.15) is 0 Å². The molecule has 0 heteroatoms. The van der Waals surface area contributed by atoms with Crippen molar-refractivity contribution in [2.45, 2.75) is 70.6 Å². The predicted molar refractivity (Wildman–Crippen MR) is 137 cm³/mol. The van der Waals surface area contributed by atoms with E-state index in [2.05, 4.69) is 84.9 Å². The van der Waals surface area contributed by atoms with E-state index >= 15 is 0 Å². The molecule has 0 saturated carbocycles. The molecular weight excluding hydrogens is 372 g/mol. The van der Waals surface area contributed by atoms with Crippen LogP contribution in [0.5, 0.6) is 0 Å². The summed E-state index contributed by atoms with van der Waals surface area (Å²) in [5.74, 6) is 0. The Morgan fingerprint density at radius 3 is 1.10 bits per heavy atom. The van der Waals surface area contributed by atoms with Crippen LogP contribution in [-0.2, 0) is 12.8 Å². The molecule has 0 atom stereocenters. The average molecular weight is 409 g/mol. The Balaban J connectivity index is 1.02. The molecule has 0 fully saturated rings. The second kappa shape index (κ2) is 11.7. The van der Waals surface area contributed by atoms with Crippen LogP contribution in [0.15, 0.2) is 84.9 Å². The summed E-state index contributed by atoms with van der Waals surface area (Å²) in [6.07, 6.45) is 14.8. The molecule has 31 heavy (non-hydrogen) atoms. The topological polar surface area (TPSA) is 0 Å². The third kappa shape index (κ3) is 6.69. The number of rotatable bonds is 12. The van der Waals surface area contributed by atoms with Crippen LogP contribution in [0.25, 0.3) is 21.5 Å². The summed E-state index contributed by atoms with van der Waals surface area (Å²) in [6, 6.07) is 31.2. The maximum atomic E-state index is 2.37. The second-order valence-electron chi connectivity index (χ2n) is 9.04. The first-order valence-corrected chi connectivity index (χ1v) is 12.3. The van der Waals surface area contributed by atoms with E-state index in [0.29, 0.717) is 0 Å². The zero-order valence-corrected chi connectivity index (χ0v) is 18.9.